The molecule has 132 valence electrons. The topological polar surface area (TPSA) is 106 Å². The molecule has 3 amide bonds. The number of nitrogens with one attached hydrogen (secondary N) is 3. The molecule has 0 aliphatic carbocycles. The summed E-state index contributed by atoms with van der Waals surface area (Å²) in [5, 5.41) is 4.68. The Labute approximate surface area is 148 Å². The first-order valence-corrected chi connectivity index (χ1v) is 8.02. The number of ether oxygens (including phenoxy) is 2. The molecule has 1 aromatic heterocycles. The summed E-state index contributed by atoms with van der Waals surface area (Å²) < 4.78 is 10.3. The van der Waals surface area contributed by atoms with Crippen molar-refractivity contribution in [2.24, 2.45) is 0 Å². The number of carbonyl (C=O) groups excluding carboxylic acids is 3. The maximum absolute atomic E-state index is 12.5. The van der Waals surface area contributed by atoms with Crippen LogP contribution in [0.4, 0.5) is 5.00 Å². The zero-order valence-electron chi connectivity index (χ0n) is 13.8. The highest BCUT2D eigenvalue weighted by atomic mass is 32.1. The van der Waals surface area contributed by atoms with Crippen molar-refractivity contribution in [2.75, 3.05) is 19.5 Å². The fraction of sp³-hybridized carbons (Fsp3) is 0.188. The fourth-order valence-electron chi connectivity index (χ4n) is 1.95. The first kappa shape index (κ1) is 18.3. The lowest BCUT2D eigenvalue weighted by Gasteiger charge is -2.11. The average Bonchev–Trinajstić information content (AvgIpc) is 3.06. The molecule has 0 saturated carbocycles. The van der Waals surface area contributed by atoms with E-state index in [1.807, 2.05) is 0 Å². The quantitative estimate of drug-likeness (QED) is 0.703. The minimum atomic E-state index is -0.534. The van der Waals surface area contributed by atoms with Crippen molar-refractivity contribution >= 4 is 34.1 Å². The molecule has 1 aromatic carbocycles. The monoisotopic (exact) mass is 363 g/mol. The van der Waals surface area contributed by atoms with E-state index in [0.29, 0.717) is 22.1 Å². The van der Waals surface area contributed by atoms with Gasteiger partial charge in [-0.15, -0.1) is 11.3 Å². The van der Waals surface area contributed by atoms with E-state index in [1.165, 1.54) is 32.5 Å². The van der Waals surface area contributed by atoms with E-state index in [-0.39, 0.29) is 5.56 Å². The van der Waals surface area contributed by atoms with E-state index in [9.17, 15) is 14.4 Å². The van der Waals surface area contributed by atoms with Crippen molar-refractivity contribution in [3.05, 3.63) is 40.8 Å². The second-order valence-corrected chi connectivity index (χ2v) is 5.74. The van der Waals surface area contributed by atoms with Crippen LogP contribution >= 0.6 is 11.3 Å². The molecule has 0 saturated heterocycles. The number of rotatable bonds is 5. The van der Waals surface area contributed by atoms with Crippen molar-refractivity contribution in [1.82, 2.24) is 10.9 Å². The first-order chi connectivity index (χ1) is 12.0. The Bertz CT molecular complexity index is 803. The van der Waals surface area contributed by atoms with Gasteiger partial charge in [-0.05, 0) is 23.6 Å². The third-order valence-electron chi connectivity index (χ3n) is 3.14. The van der Waals surface area contributed by atoms with E-state index >= 15 is 0 Å². The van der Waals surface area contributed by atoms with Crippen molar-refractivity contribution in [3.8, 4) is 11.5 Å². The molecule has 0 atom stereocenters. The number of hydrogen-bond donors (Lipinski definition) is 3. The van der Waals surface area contributed by atoms with Gasteiger partial charge < -0.3 is 14.8 Å². The summed E-state index contributed by atoms with van der Waals surface area (Å²) in [5.41, 5.74) is 4.98. The third kappa shape index (κ3) is 4.48. The molecule has 2 rings (SSSR count). The van der Waals surface area contributed by atoms with Gasteiger partial charge in [-0.1, -0.05) is 0 Å². The van der Waals surface area contributed by atoms with Crippen LogP contribution in [0.1, 0.15) is 27.6 Å². The number of anilines is 1. The first-order valence-electron chi connectivity index (χ1n) is 7.14. The summed E-state index contributed by atoms with van der Waals surface area (Å²) >= 11 is 1.19. The molecular weight excluding hydrogens is 346 g/mol. The molecule has 25 heavy (non-hydrogen) atoms. The highest BCUT2D eigenvalue weighted by Gasteiger charge is 2.18. The molecular formula is C16H17N3O5S. The lowest BCUT2D eigenvalue weighted by atomic mass is 10.1. The Hall–Kier alpha value is -3.07. The van der Waals surface area contributed by atoms with Crippen LogP contribution in [0.2, 0.25) is 0 Å². The van der Waals surface area contributed by atoms with E-state index in [0.717, 1.165) is 0 Å². The summed E-state index contributed by atoms with van der Waals surface area (Å²) in [6, 6.07) is 6.34. The van der Waals surface area contributed by atoms with Crippen LogP contribution in [0.25, 0.3) is 0 Å². The summed E-state index contributed by atoms with van der Waals surface area (Å²) in [6.07, 6.45) is 0. The van der Waals surface area contributed by atoms with E-state index in [2.05, 4.69) is 16.2 Å². The molecule has 9 heteroatoms. The molecule has 3 N–H and O–H groups in total. The molecule has 8 nitrogen and oxygen atoms in total. The predicted octanol–water partition coefficient (Wildman–Crippen LogP) is 1.80. The van der Waals surface area contributed by atoms with Crippen molar-refractivity contribution in [3.63, 3.8) is 0 Å². The molecule has 0 radical (unpaired) electrons. The molecule has 2 aromatic rings. The predicted molar refractivity (Wildman–Crippen MR) is 93.1 cm³/mol. The zero-order chi connectivity index (χ0) is 18.4. The van der Waals surface area contributed by atoms with Gasteiger partial charge in [0, 0.05) is 13.0 Å². The van der Waals surface area contributed by atoms with E-state index < -0.39 is 17.7 Å². The van der Waals surface area contributed by atoms with Gasteiger partial charge in [0.2, 0.25) is 5.91 Å². The van der Waals surface area contributed by atoms with Gasteiger partial charge in [-0.25, -0.2) is 0 Å². The zero-order valence-corrected chi connectivity index (χ0v) is 14.7. The SMILES string of the molecule is COc1ccc(C(=O)Nc2sccc2C(=O)NNC(C)=O)c(OC)c1. The number of thiophene rings is 1. The van der Waals surface area contributed by atoms with E-state index in [1.54, 1.807) is 29.6 Å². The van der Waals surface area contributed by atoms with Gasteiger partial charge in [0.1, 0.15) is 16.5 Å². The van der Waals surface area contributed by atoms with Crippen molar-refractivity contribution in [2.45, 2.75) is 6.92 Å². The Balaban J connectivity index is 2.18. The molecule has 0 spiro atoms. The average molecular weight is 363 g/mol. The number of amides is 3. The smallest absolute Gasteiger partial charge is 0.272 e. The second kappa shape index (κ2) is 8.15. The van der Waals surface area contributed by atoms with Crippen molar-refractivity contribution < 1.29 is 23.9 Å². The Morgan fingerprint density at radius 3 is 2.36 bits per heavy atom. The highest BCUT2D eigenvalue weighted by Crippen LogP contribution is 2.28. The van der Waals surface area contributed by atoms with Gasteiger partial charge >= 0.3 is 0 Å². The summed E-state index contributed by atoms with van der Waals surface area (Å²) in [7, 11) is 2.96. The van der Waals surface area contributed by atoms with Crippen LogP contribution in [0.15, 0.2) is 29.6 Å². The standard InChI is InChI=1S/C16H17N3O5S/c1-9(20)18-19-15(22)12-6-7-25-16(12)17-14(21)11-5-4-10(23-2)8-13(11)24-3/h4-8H,1-3H3,(H,17,21)(H,18,20)(H,19,22). The second-order valence-electron chi connectivity index (χ2n) is 4.82. The maximum Gasteiger partial charge on any atom is 0.272 e. The minimum absolute atomic E-state index is 0.236. The lowest BCUT2D eigenvalue weighted by Crippen LogP contribution is -2.40. The van der Waals surface area contributed by atoms with Crippen LogP contribution in [-0.4, -0.2) is 31.9 Å². The van der Waals surface area contributed by atoms with Gasteiger partial charge in [0.25, 0.3) is 11.8 Å². The van der Waals surface area contributed by atoms with Crippen molar-refractivity contribution in [1.29, 1.82) is 0 Å². The Kier molecular flexibility index (Phi) is 5.96. The number of hydrazine groups is 1. The Morgan fingerprint density at radius 2 is 1.72 bits per heavy atom. The van der Waals surface area contributed by atoms with Gasteiger partial charge in [0.05, 0.1) is 25.3 Å². The highest BCUT2D eigenvalue weighted by molar-refractivity contribution is 7.14. The summed E-state index contributed by atoms with van der Waals surface area (Å²) in [6.45, 7) is 1.27. The number of hydrogen-bond acceptors (Lipinski definition) is 6. The largest absolute Gasteiger partial charge is 0.497 e. The van der Waals surface area contributed by atoms with Crippen LogP contribution in [-0.2, 0) is 4.79 Å². The maximum atomic E-state index is 12.5. The van der Waals surface area contributed by atoms with Crippen LogP contribution in [0.3, 0.4) is 0 Å². The summed E-state index contributed by atoms with van der Waals surface area (Å²) in [5.74, 6) is -0.473. The molecule has 0 bridgehead atoms. The van der Waals surface area contributed by atoms with Gasteiger partial charge in [0.15, 0.2) is 0 Å². The third-order valence-corrected chi connectivity index (χ3v) is 3.97. The minimum Gasteiger partial charge on any atom is -0.497 e. The summed E-state index contributed by atoms with van der Waals surface area (Å²) in [4.78, 5) is 35.4. The molecule has 0 aliphatic heterocycles. The molecule has 0 aliphatic rings. The van der Waals surface area contributed by atoms with Gasteiger partial charge in [-0.2, -0.15) is 0 Å². The van der Waals surface area contributed by atoms with Gasteiger partial charge in [-0.3, -0.25) is 25.2 Å². The van der Waals surface area contributed by atoms with Crippen LogP contribution < -0.4 is 25.6 Å². The fourth-order valence-corrected chi connectivity index (χ4v) is 2.73. The number of methoxy groups -OCH3 is 2. The van der Waals surface area contributed by atoms with E-state index in [4.69, 9.17) is 9.47 Å². The molecule has 0 fully saturated rings. The Morgan fingerprint density at radius 1 is 0.960 bits per heavy atom. The number of benzene rings is 1. The lowest BCUT2D eigenvalue weighted by molar-refractivity contribution is -0.119. The number of carbonyl (C=O) groups is 3. The molecule has 0 unspecified atom stereocenters. The van der Waals surface area contributed by atoms with Crippen LogP contribution in [0, 0.1) is 0 Å². The molecule has 1 heterocycles. The van der Waals surface area contributed by atoms with Crippen LogP contribution in [0.5, 0.6) is 11.5 Å². The normalized spacial score (nSPS) is 9.88.